The molecule has 1 N–H and O–H groups in total. The Bertz CT molecular complexity index is 581. The third-order valence-corrected chi connectivity index (χ3v) is 2.89. The maximum atomic E-state index is 11.9. The van der Waals surface area contributed by atoms with E-state index in [9.17, 15) is 14.7 Å². The molecule has 0 aliphatic rings. The monoisotopic (exact) mass is 236 g/mol. The highest BCUT2D eigenvalue weighted by Crippen LogP contribution is 2.20. The maximum absolute atomic E-state index is 11.9. The van der Waals surface area contributed by atoms with Crippen LogP contribution in [0.5, 0.6) is 5.75 Å². The second kappa shape index (κ2) is 3.94. The van der Waals surface area contributed by atoms with Gasteiger partial charge in [-0.05, 0) is 18.4 Å². The van der Waals surface area contributed by atoms with Crippen LogP contribution in [0, 0.1) is 6.92 Å². The van der Waals surface area contributed by atoms with Gasteiger partial charge in [-0.15, -0.1) is 11.3 Å². The third-order valence-electron chi connectivity index (χ3n) is 2.03. The normalized spacial score (nSPS) is 10.3. The molecule has 0 amide bonds. The van der Waals surface area contributed by atoms with E-state index in [0.29, 0.717) is 4.88 Å². The summed E-state index contributed by atoms with van der Waals surface area (Å²) in [5.74, 6) is -0.585. The third kappa shape index (κ3) is 1.77. The molecule has 2 aromatic heterocycles. The zero-order valence-electron chi connectivity index (χ0n) is 8.39. The molecular formula is C11H8O4S. The molecular weight excluding hydrogens is 228 g/mol. The molecule has 2 aromatic rings. The lowest BCUT2D eigenvalue weighted by Crippen LogP contribution is -2.14. The molecule has 0 spiro atoms. The van der Waals surface area contributed by atoms with Gasteiger partial charge in [0, 0.05) is 6.07 Å². The standard InChI is InChI=1S/C11H8O4S/c1-6-5-7(12)9(11(14)15-6)10(13)8-3-2-4-16-8/h2-5,12H,1H3. The van der Waals surface area contributed by atoms with Crippen LogP contribution >= 0.6 is 11.3 Å². The molecule has 0 aliphatic carbocycles. The molecule has 0 radical (unpaired) electrons. The molecule has 4 nitrogen and oxygen atoms in total. The molecule has 82 valence electrons. The predicted molar refractivity (Wildman–Crippen MR) is 59.1 cm³/mol. The van der Waals surface area contributed by atoms with Crippen LogP contribution in [0.1, 0.15) is 21.0 Å². The van der Waals surface area contributed by atoms with E-state index in [1.807, 2.05) is 0 Å². The first kappa shape index (κ1) is 10.6. The first-order valence-corrected chi connectivity index (χ1v) is 5.39. The van der Waals surface area contributed by atoms with Crippen molar-refractivity contribution < 1.29 is 14.3 Å². The minimum absolute atomic E-state index is 0.269. The Morgan fingerprint density at radius 2 is 2.25 bits per heavy atom. The lowest BCUT2D eigenvalue weighted by Gasteiger charge is -2.00. The Kier molecular flexibility index (Phi) is 2.62. The van der Waals surface area contributed by atoms with E-state index in [4.69, 9.17) is 4.42 Å². The smallest absolute Gasteiger partial charge is 0.351 e. The van der Waals surface area contributed by atoms with E-state index < -0.39 is 11.4 Å². The predicted octanol–water partition coefficient (Wildman–Crippen LogP) is 1.95. The molecule has 0 atom stereocenters. The van der Waals surface area contributed by atoms with Gasteiger partial charge in [0.05, 0.1) is 4.88 Å². The Balaban J connectivity index is 2.58. The summed E-state index contributed by atoms with van der Waals surface area (Å²) in [5.41, 5.74) is -1.12. The lowest BCUT2D eigenvalue weighted by atomic mass is 10.1. The number of thiophene rings is 1. The van der Waals surface area contributed by atoms with Crippen molar-refractivity contribution in [2.75, 3.05) is 0 Å². The molecule has 2 heterocycles. The minimum atomic E-state index is -0.809. The summed E-state index contributed by atoms with van der Waals surface area (Å²) >= 11 is 1.21. The summed E-state index contributed by atoms with van der Waals surface area (Å²) in [4.78, 5) is 23.7. The zero-order chi connectivity index (χ0) is 11.7. The van der Waals surface area contributed by atoms with E-state index >= 15 is 0 Å². The van der Waals surface area contributed by atoms with Gasteiger partial charge in [0.15, 0.2) is 5.56 Å². The molecule has 0 saturated carbocycles. The average molecular weight is 236 g/mol. The van der Waals surface area contributed by atoms with E-state index in [2.05, 4.69) is 0 Å². The summed E-state index contributed by atoms with van der Waals surface area (Å²) in [6.45, 7) is 1.53. The molecule has 0 unspecified atom stereocenters. The van der Waals surface area contributed by atoms with Crippen molar-refractivity contribution in [2.24, 2.45) is 0 Å². The molecule has 0 bridgehead atoms. The first-order chi connectivity index (χ1) is 7.59. The van der Waals surface area contributed by atoms with Crippen LogP contribution in [0.2, 0.25) is 0 Å². The summed E-state index contributed by atoms with van der Waals surface area (Å²) in [6, 6.07) is 4.54. The SMILES string of the molecule is Cc1cc(O)c(C(=O)c2cccs2)c(=O)o1. The summed E-state index contributed by atoms with van der Waals surface area (Å²) in [6.07, 6.45) is 0. The van der Waals surface area contributed by atoms with Crippen molar-refractivity contribution in [1.29, 1.82) is 0 Å². The number of hydrogen-bond donors (Lipinski definition) is 1. The van der Waals surface area contributed by atoms with Gasteiger partial charge in [-0.1, -0.05) is 6.07 Å². The van der Waals surface area contributed by atoms with E-state index in [-0.39, 0.29) is 17.1 Å². The number of ketones is 1. The van der Waals surface area contributed by atoms with Crippen LogP contribution in [0.4, 0.5) is 0 Å². The Morgan fingerprint density at radius 3 is 2.81 bits per heavy atom. The second-order valence-corrected chi connectivity index (χ2v) is 4.16. The summed E-state index contributed by atoms with van der Waals surface area (Å²) in [7, 11) is 0. The fraction of sp³-hybridized carbons (Fsp3) is 0.0909. The average Bonchev–Trinajstić information content (AvgIpc) is 2.67. The van der Waals surface area contributed by atoms with Crippen LogP contribution in [-0.2, 0) is 0 Å². The van der Waals surface area contributed by atoms with Gasteiger partial charge in [0.25, 0.3) is 0 Å². The zero-order valence-corrected chi connectivity index (χ0v) is 9.21. The maximum Gasteiger partial charge on any atom is 0.351 e. The first-order valence-electron chi connectivity index (χ1n) is 4.51. The number of hydrogen-bond acceptors (Lipinski definition) is 5. The van der Waals surface area contributed by atoms with Crippen molar-refractivity contribution in [2.45, 2.75) is 6.92 Å². The Hall–Kier alpha value is -1.88. The molecule has 0 aromatic carbocycles. The summed E-state index contributed by atoms with van der Waals surface area (Å²) in [5, 5.41) is 11.3. The van der Waals surface area contributed by atoms with Gasteiger partial charge >= 0.3 is 5.63 Å². The van der Waals surface area contributed by atoms with Crippen molar-refractivity contribution in [1.82, 2.24) is 0 Å². The van der Waals surface area contributed by atoms with Crippen LogP contribution in [0.15, 0.2) is 32.8 Å². The van der Waals surface area contributed by atoms with Crippen LogP contribution in [-0.4, -0.2) is 10.9 Å². The van der Waals surface area contributed by atoms with Gasteiger partial charge in [-0.25, -0.2) is 4.79 Å². The Morgan fingerprint density at radius 1 is 1.50 bits per heavy atom. The second-order valence-electron chi connectivity index (χ2n) is 3.21. The highest BCUT2D eigenvalue weighted by atomic mass is 32.1. The molecule has 0 fully saturated rings. The number of carbonyl (C=O) groups is 1. The fourth-order valence-electron chi connectivity index (χ4n) is 1.34. The quantitative estimate of drug-likeness (QED) is 0.809. The van der Waals surface area contributed by atoms with Crippen molar-refractivity contribution in [3.8, 4) is 5.75 Å². The molecule has 5 heteroatoms. The van der Waals surface area contributed by atoms with Crippen molar-refractivity contribution >= 4 is 17.1 Å². The molecule has 2 rings (SSSR count). The van der Waals surface area contributed by atoms with E-state index in [1.54, 1.807) is 17.5 Å². The van der Waals surface area contributed by atoms with Gasteiger partial charge in [-0.2, -0.15) is 0 Å². The van der Waals surface area contributed by atoms with Crippen LogP contribution in [0.25, 0.3) is 0 Å². The minimum Gasteiger partial charge on any atom is -0.507 e. The van der Waals surface area contributed by atoms with Crippen LogP contribution in [0.3, 0.4) is 0 Å². The van der Waals surface area contributed by atoms with Gasteiger partial charge < -0.3 is 9.52 Å². The Labute approximate surface area is 94.8 Å². The van der Waals surface area contributed by atoms with E-state index in [1.165, 1.54) is 24.3 Å². The van der Waals surface area contributed by atoms with Gasteiger partial charge in [0.2, 0.25) is 5.78 Å². The van der Waals surface area contributed by atoms with E-state index in [0.717, 1.165) is 0 Å². The van der Waals surface area contributed by atoms with Crippen molar-refractivity contribution in [3.05, 3.63) is 50.2 Å². The highest BCUT2D eigenvalue weighted by Gasteiger charge is 2.20. The van der Waals surface area contributed by atoms with Crippen molar-refractivity contribution in [3.63, 3.8) is 0 Å². The van der Waals surface area contributed by atoms with Crippen LogP contribution < -0.4 is 5.63 Å². The number of carbonyl (C=O) groups excluding carboxylic acids is 1. The number of aromatic hydroxyl groups is 1. The molecule has 0 aliphatic heterocycles. The molecule has 0 saturated heterocycles. The number of aryl methyl sites for hydroxylation is 1. The topological polar surface area (TPSA) is 67.5 Å². The number of rotatable bonds is 2. The molecule has 16 heavy (non-hydrogen) atoms. The van der Waals surface area contributed by atoms with Gasteiger partial charge in [0.1, 0.15) is 11.5 Å². The largest absolute Gasteiger partial charge is 0.507 e. The highest BCUT2D eigenvalue weighted by molar-refractivity contribution is 7.12. The summed E-state index contributed by atoms with van der Waals surface area (Å²) < 4.78 is 4.78. The fourth-order valence-corrected chi connectivity index (χ4v) is 2.01. The van der Waals surface area contributed by atoms with Gasteiger partial charge in [-0.3, -0.25) is 4.79 Å². The lowest BCUT2D eigenvalue weighted by molar-refractivity contribution is 0.103.